The van der Waals surface area contributed by atoms with Crippen molar-refractivity contribution in [2.45, 2.75) is 58.2 Å². The van der Waals surface area contributed by atoms with E-state index in [9.17, 15) is 5.26 Å². The van der Waals surface area contributed by atoms with Crippen molar-refractivity contribution in [3.8, 4) is 6.07 Å². The molecule has 2 heteroatoms. The number of hydrogen-bond donors (Lipinski definition) is 0. The van der Waals surface area contributed by atoms with Crippen LogP contribution in [0.25, 0.3) is 0 Å². The summed E-state index contributed by atoms with van der Waals surface area (Å²) >= 11 is 0. The van der Waals surface area contributed by atoms with Crippen molar-refractivity contribution in [1.29, 1.82) is 5.26 Å². The minimum absolute atomic E-state index is 0.141. The van der Waals surface area contributed by atoms with Gasteiger partial charge < -0.3 is 4.74 Å². The molecule has 2 aliphatic rings. The summed E-state index contributed by atoms with van der Waals surface area (Å²) < 4.78 is 5.80. The number of fused-ring (bicyclic) bond motifs is 2. The Bertz CT molecular complexity index is 258. The van der Waals surface area contributed by atoms with Crippen LogP contribution >= 0.6 is 0 Å². The van der Waals surface area contributed by atoms with Crippen molar-refractivity contribution in [1.82, 2.24) is 0 Å². The lowest BCUT2D eigenvalue weighted by molar-refractivity contribution is 0.0715. The third-order valence-corrected chi connectivity index (χ3v) is 3.95. The van der Waals surface area contributed by atoms with Crippen molar-refractivity contribution < 1.29 is 4.74 Å². The summed E-state index contributed by atoms with van der Waals surface area (Å²) in [5.41, 5.74) is -0.141. The van der Waals surface area contributed by atoms with E-state index in [1.165, 1.54) is 12.8 Å². The van der Waals surface area contributed by atoms with Gasteiger partial charge in [-0.1, -0.05) is 20.3 Å². The van der Waals surface area contributed by atoms with Gasteiger partial charge in [0.15, 0.2) is 0 Å². The van der Waals surface area contributed by atoms with E-state index in [1.807, 2.05) is 0 Å². The van der Waals surface area contributed by atoms with E-state index in [-0.39, 0.29) is 11.5 Å². The summed E-state index contributed by atoms with van der Waals surface area (Å²) in [5, 5.41) is 9.35. The molecule has 2 fully saturated rings. The minimum atomic E-state index is -0.141. The van der Waals surface area contributed by atoms with E-state index >= 15 is 0 Å². The molecule has 4 unspecified atom stereocenters. The highest BCUT2D eigenvalue weighted by molar-refractivity contribution is 5.12. The maximum Gasteiger partial charge on any atom is 0.0862 e. The molecular formula is C12H19NO. The zero-order chi connectivity index (χ0) is 10.2. The fraction of sp³-hybridized carbons (Fsp3) is 0.917. The standard InChI is InChI=1S/C12H19NO/c1-3-9(2)6-12(8-13)7-10-4-5-11(12)14-10/h9-11H,3-7H2,1-2H3. The van der Waals surface area contributed by atoms with Crippen LogP contribution in [0, 0.1) is 22.7 Å². The molecule has 0 aromatic heterocycles. The zero-order valence-electron chi connectivity index (χ0n) is 9.12. The second kappa shape index (κ2) is 3.55. The van der Waals surface area contributed by atoms with Crippen LogP contribution in [0.5, 0.6) is 0 Å². The molecule has 0 saturated carbocycles. The Balaban J connectivity index is 2.08. The fourth-order valence-electron chi connectivity index (χ4n) is 2.94. The number of rotatable bonds is 3. The predicted octanol–water partition coefficient (Wildman–Crippen LogP) is 2.88. The molecule has 2 aliphatic heterocycles. The van der Waals surface area contributed by atoms with Gasteiger partial charge in [-0.15, -0.1) is 0 Å². The van der Waals surface area contributed by atoms with Crippen LogP contribution in [0.3, 0.4) is 0 Å². The zero-order valence-corrected chi connectivity index (χ0v) is 9.12. The molecule has 2 nitrogen and oxygen atoms in total. The third-order valence-electron chi connectivity index (χ3n) is 3.95. The summed E-state index contributed by atoms with van der Waals surface area (Å²) in [6.07, 6.45) is 6.10. The van der Waals surface area contributed by atoms with Crippen molar-refractivity contribution >= 4 is 0 Å². The lowest BCUT2D eigenvalue weighted by Crippen LogP contribution is -2.32. The van der Waals surface area contributed by atoms with Gasteiger partial charge in [0.25, 0.3) is 0 Å². The summed E-state index contributed by atoms with van der Waals surface area (Å²) in [6.45, 7) is 4.44. The topological polar surface area (TPSA) is 33.0 Å². The molecule has 78 valence electrons. The average molecular weight is 193 g/mol. The van der Waals surface area contributed by atoms with Gasteiger partial charge in [0, 0.05) is 0 Å². The van der Waals surface area contributed by atoms with Gasteiger partial charge >= 0.3 is 0 Å². The van der Waals surface area contributed by atoms with Crippen LogP contribution in [0.2, 0.25) is 0 Å². The van der Waals surface area contributed by atoms with Crippen molar-refractivity contribution in [3.05, 3.63) is 0 Å². The summed E-state index contributed by atoms with van der Waals surface area (Å²) in [4.78, 5) is 0. The monoisotopic (exact) mass is 193 g/mol. The second-order valence-corrected chi connectivity index (χ2v) is 5.01. The molecule has 2 heterocycles. The molecule has 0 amide bonds. The molecule has 4 atom stereocenters. The normalized spacial score (nSPS) is 42.4. The highest BCUT2D eigenvalue weighted by Crippen LogP contribution is 2.50. The summed E-state index contributed by atoms with van der Waals surface area (Å²) in [7, 11) is 0. The molecular weight excluding hydrogens is 174 g/mol. The number of ether oxygens (including phenoxy) is 1. The van der Waals surface area contributed by atoms with Gasteiger partial charge in [-0.2, -0.15) is 5.26 Å². The Morgan fingerprint density at radius 2 is 2.36 bits per heavy atom. The average Bonchev–Trinajstić information content (AvgIpc) is 2.77. The van der Waals surface area contributed by atoms with Gasteiger partial charge in [-0.25, -0.2) is 0 Å². The van der Waals surface area contributed by atoms with E-state index in [0.29, 0.717) is 12.0 Å². The number of nitrogens with zero attached hydrogens (tertiary/aromatic N) is 1. The first-order chi connectivity index (χ1) is 6.70. The lowest BCUT2D eigenvalue weighted by Gasteiger charge is -2.30. The highest BCUT2D eigenvalue weighted by atomic mass is 16.5. The Labute approximate surface area is 86.2 Å². The molecule has 0 radical (unpaired) electrons. The SMILES string of the molecule is CCC(C)CC1(C#N)CC2CCC1O2. The van der Waals surface area contributed by atoms with E-state index in [2.05, 4.69) is 19.9 Å². The molecule has 0 aromatic rings. The van der Waals surface area contributed by atoms with Gasteiger partial charge in [-0.3, -0.25) is 0 Å². The Morgan fingerprint density at radius 1 is 1.57 bits per heavy atom. The number of hydrogen-bond acceptors (Lipinski definition) is 2. The first-order valence-corrected chi connectivity index (χ1v) is 5.77. The molecule has 0 N–H and O–H groups in total. The third kappa shape index (κ3) is 1.44. The molecule has 14 heavy (non-hydrogen) atoms. The maximum atomic E-state index is 9.35. The second-order valence-electron chi connectivity index (χ2n) is 5.01. The van der Waals surface area contributed by atoms with Gasteiger partial charge in [-0.05, 0) is 31.6 Å². The largest absolute Gasteiger partial charge is 0.373 e. The van der Waals surface area contributed by atoms with Gasteiger partial charge in [0.2, 0.25) is 0 Å². The Hall–Kier alpha value is -0.550. The fourth-order valence-corrected chi connectivity index (χ4v) is 2.94. The first-order valence-electron chi connectivity index (χ1n) is 5.77. The summed E-state index contributed by atoms with van der Waals surface area (Å²) in [5.74, 6) is 0.651. The van der Waals surface area contributed by atoms with Crippen molar-refractivity contribution in [3.63, 3.8) is 0 Å². The predicted molar refractivity (Wildman–Crippen MR) is 54.6 cm³/mol. The van der Waals surface area contributed by atoms with E-state index in [4.69, 9.17) is 4.74 Å². The molecule has 0 spiro atoms. The maximum absolute atomic E-state index is 9.35. The first kappa shape index (κ1) is 9.98. The Morgan fingerprint density at radius 3 is 2.79 bits per heavy atom. The quantitative estimate of drug-likeness (QED) is 0.690. The van der Waals surface area contributed by atoms with Crippen LogP contribution in [-0.4, -0.2) is 12.2 Å². The van der Waals surface area contributed by atoms with E-state index < -0.39 is 0 Å². The highest BCUT2D eigenvalue weighted by Gasteiger charge is 2.52. The van der Waals surface area contributed by atoms with Crippen LogP contribution < -0.4 is 0 Å². The van der Waals surface area contributed by atoms with Crippen LogP contribution in [0.4, 0.5) is 0 Å². The summed E-state index contributed by atoms with van der Waals surface area (Å²) in [6, 6.07) is 2.55. The van der Waals surface area contributed by atoms with Crippen molar-refractivity contribution in [2.24, 2.45) is 11.3 Å². The van der Waals surface area contributed by atoms with Crippen LogP contribution in [-0.2, 0) is 4.74 Å². The number of nitriles is 1. The molecule has 2 bridgehead atoms. The lowest BCUT2D eigenvalue weighted by atomic mass is 9.70. The Kier molecular flexibility index (Phi) is 2.53. The van der Waals surface area contributed by atoms with E-state index in [0.717, 1.165) is 19.3 Å². The van der Waals surface area contributed by atoms with Crippen molar-refractivity contribution in [2.75, 3.05) is 0 Å². The molecule has 0 aromatic carbocycles. The van der Waals surface area contributed by atoms with Gasteiger partial charge in [0.1, 0.15) is 0 Å². The smallest absolute Gasteiger partial charge is 0.0862 e. The minimum Gasteiger partial charge on any atom is -0.373 e. The van der Waals surface area contributed by atoms with Gasteiger partial charge in [0.05, 0.1) is 23.7 Å². The molecule has 0 aliphatic carbocycles. The van der Waals surface area contributed by atoms with E-state index in [1.54, 1.807) is 0 Å². The molecule has 2 saturated heterocycles. The van der Waals surface area contributed by atoms with Crippen LogP contribution in [0.1, 0.15) is 46.0 Å². The molecule has 2 rings (SSSR count). The van der Waals surface area contributed by atoms with Crippen LogP contribution in [0.15, 0.2) is 0 Å².